The molecule has 1 N–H and O–H groups in total. The minimum absolute atomic E-state index is 0.0567. The Morgan fingerprint density at radius 3 is 2.37 bits per heavy atom. The first-order valence-corrected chi connectivity index (χ1v) is 9.30. The molecule has 0 aromatic heterocycles. The number of nitrogens with one attached hydrogen (secondary N) is 1. The van der Waals surface area contributed by atoms with Crippen LogP contribution in [0.5, 0.6) is 0 Å². The van der Waals surface area contributed by atoms with Crippen molar-refractivity contribution < 1.29 is 13.2 Å². The van der Waals surface area contributed by atoms with Gasteiger partial charge in [-0.2, -0.15) is 0 Å². The summed E-state index contributed by atoms with van der Waals surface area (Å²) < 4.78 is 29.4. The standard InChI is InChI=1S/C14H27NO3S/c1-15-13(14(18-2)8-5-9-14)11-6-4-7-12(10-11)19(3,16)17/h11-13,15H,4-10H2,1-3H3. The first-order chi connectivity index (χ1) is 8.93. The van der Waals surface area contributed by atoms with Crippen LogP contribution in [0.15, 0.2) is 0 Å². The second-order valence-electron chi connectivity index (χ2n) is 6.27. The minimum atomic E-state index is -2.91. The van der Waals surface area contributed by atoms with Crippen LogP contribution in [0.3, 0.4) is 0 Å². The average Bonchev–Trinajstić information content (AvgIpc) is 2.32. The van der Waals surface area contributed by atoms with Crippen molar-refractivity contribution in [3.8, 4) is 0 Å². The van der Waals surface area contributed by atoms with E-state index in [1.165, 1.54) is 12.7 Å². The highest BCUT2D eigenvalue weighted by Crippen LogP contribution is 2.44. The second kappa shape index (κ2) is 5.70. The molecule has 0 saturated heterocycles. The molecule has 3 atom stereocenters. The van der Waals surface area contributed by atoms with E-state index in [1.54, 1.807) is 7.11 Å². The number of likely N-dealkylation sites (N-methyl/N-ethyl adjacent to an activating group) is 1. The van der Waals surface area contributed by atoms with Gasteiger partial charge in [-0.3, -0.25) is 0 Å². The van der Waals surface area contributed by atoms with E-state index in [1.807, 2.05) is 7.05 Å². The third-order valence-electron chi connectivity index (χ3n) is 5.23. The molecule has 0 amide bonds. The van der Waals surface area contributed by atoms with Crippen LogP contribution < -0.4 is 5.32 Å². The normalized spacial score (nSPS) is 32.6. The number of methoxy groups -OCH3 is 1. The Labute approximate surface area is 117 Å². The van der Waals surface area contributed by atoms with Gasteiger partial charge in [0.15, 0.2) is 0 Å². The molecule has 0 radical (unpaired) electrons. The molecule has 3 unspecified atom stereocenters. The summed E-state index contributed by atoms with van der Waals surface area (Å²) in [7, 11) is 0.862. The van der Waals surface area contributed by atoms with Crippen molar-refractivity contribution in [2.45, 2.75) is 61.8 Å². The van der Waals surface area contributed by atoms with Crippen LogP contribution in [-0.2, 0) is 14.6 Å². The molecule has 2 fully saturated rings. The van der Waals surface area contributed by atoms with Crippen LogP contribution in [0.1, 0.15) is 44.9 Å². The summed E-state index contributed by atoms with van der Waals surface area (Å²) in [6.07, 6.45) is 8.52. The Bertz CT molecular complexity index is 397. The van der Waals surface area contributed by atoms with E-state index in [0.29, 0.717) is 5.92 Å². The molecule has 0 spiro atoms. The number of hydrogen-bond acceptors (Lipinski definition) is 4. The lowest BCUT2D eigenvalue weighted by Gasteiger charge is -2.50. The van der Waals surface area contributed by atoms with Gasteiger partial charge < -0.3 is 10.1 Å². The maximum atomic E-state index is 11.8. The smallest absolute Gasteiger partial charge is 0.150 e. The maximum absolute atomic E-state index is 11.8. The van der Waals surface area contributed by atoms with Gasteiger partial charge in [-0.1, -0.05) is 6.42 Å². The van der Waals surface area contributed by atoms with Gasteiger partial charge in [0.2, 0.25) is 0 Å². The Morgan fingerprint density at radius 2 is 1.95 bits per heavy atom. The van der Waals surface area contributed by atoms with Crippen molar-refractivity contribution in [2.24, 2.45) is 5.92 Å². The topological polar surface area (TPSA) is 55.4 Å². The molecule has 2 aliphatic rings. The fraction of sp³-hybridized carbons (Fsp3) is 1.00. The van der Waals surface area contributed by atoms with E-state index >= 15 is 0 Å². The molecule has 2 rings (SSSR count). The zero-order valence-corrected chi connectivity index (χ0v) is 13.1. The molecular weight excluding hydrogens is 262 g/mol. The zero-order valence-electron chi connectivity index (χ0n) is 12.3. The number of rotatable bonds is 5. The molecule has 19 heavy (non-hydrogen) atoms. The van der Waals surface area contributed by atoms with Gasteiger partial charge in [0, 0.05) is 19.4 Å². The first kappa shape index (κ1) is 15.3. The Balaban J connectivity index is 2.10. The second-order valence-corrected chi connectivity index (χ2v) is 8.59. The third kappa shape index (κ3) is 2.98. The van der Waals surface area contributed by atoms with Crippen molar-refractivity contribution >= 4 is 9.84 Å². The summed E-state index contributed by atoms with van der Waals surface area (Å²) in [5.41, 5.74) is -0.0567. The lowest BCUT2D eigenvalue weighted by Crippen LogP contribution is -2.59. The lowest BCUT2D eigenvalue weighted by atomic mass is 9.67. The van der Waals surface area contributed by atoms with E-state index < -0.39 is 9.84 Å². The third-order valence-corrected chi connectivity index (χ3v) is 6.87. The molecular formula is C14H27NO3S. The number of hydrogen-bond donors (Lipinski definition) is 1. The highest BCUT2D eigenvalue weighted by atomic mass is 32.2. The molecule has 0 aliphatic heterocycles. The fourth-order valence-electron chi connectivity index (χ4n) is 3.97. The Kier molecular flexibility index (Phi) is 4.58. The molecule has 0 bridgehead atoms. The van der Waals surface area contributed by atoms with E-state index in [0.717, 1.165) is 38.5 Å². The van der Waals surface area contributed by atoms with Crippen molar-refractivity contribution in [1.29, 1.82) is 0 Å². The molecule has 2 saturated carbocycles. The molecule has 2 aliphatic carbocycles. The van der Waals surface area contributed by atoms with E-state index in [2.05, 4.69) is 5.32 Å². The number of ether oxygens (including phenoxy) is 1. The van der Waals surface area contributed by atoms with E-state index in [-0.39, 0.29) is 16.9 Å². The molecule has 4 nitrogen and oxygen atoms in total. The van der Waals surface area contributed by atoms with Gasteiger partial charge in [0.05, 0.1) is 10.9 Å². The van der Waals surface area contributed by atoms with E-state index in [4.69, 9.17) is 4.74 Å². The van der Waals surface area contributed by atoms with Crippen LogP contribution >= 0.6 is 0 Å². The van der Waals surface area contributed by atoms with Crippen LogP contribution in [0.25, 0.3) is 0 Å². The SMILES string of the molecule is CNC(C1CCCC(S(C)(=O)=O)C1)C1(OC)CCC1. The van der Waals surface area contributed by atoms with Crippen LogP contribution in [-0.4, -0.2) is 45.7 Å². The summed E-state index contributed by atoms with van der Waals surface area (Å²) in [6.45, 7) is 0. The monoisotopic (exact) mass is 289 g/mol. The van der Waals surface area contributed by atoms with Gasteiger partial charge in [-0.15, -0.1) is 0 Å². The van der Waals surface area contributed by atoms with Crippen molar-refractivity contribution in [3.05, 3.63) is 0 Å². The van der Waals surface area contributed by atoms with E-state index in [9.17, 15) is 8.42 Å². The summed E-state index contributed by atoms with van der Waals surface area (Å²) in [5, 5.41) is 3.26. The predicted molar refractivity (Wildman–Crippen MR) is 77.0 cm³/mol. The highest BCUT2D eigenvalue weighted by Gasteiger charge is 2.48. The molecule has 5 heteroatoms. The minimum Gasteiger partial charge on any atom is -0.377 e. The summed E-state index contributed by atoms with van der Waals surface area (Å²) in [4.78, 5) is 0. The van der Waals surface area contributed by atoms with Crippen LogP contribution in [0, 0.1) is 5.92 Å². The largest absolute Gasteiger partial charge is 0.377 e. The summed E-state index contributed by atoms with van der Waals surface area (Å²) in [5.74, 6) is 0.415. The first-order valence-electron chi connectivity index (χ1n) is 7.34. The fourth-order valence-corrected chi connectivity index (χ4v) is 5.16. The predicted octanol–water partition coefficient (Wildman–Crippen LogP) is 1.75. The molecule has 0 heterocycles. The van der Waals surface area contributed by atoms with Gasteiger partial charge in [0.25, 0.3) is 0 Å². The lowest BCUT2D eigenvalue weighted by molar-refractivity contribution is -0.112. The molecule has 112 valence electrons. The zero-order chi connectivity index (χ0) is 14.1. The van der Waals surface area contributed by atoms with Gasteiger partial charge >= 0.3 is 0 Å². The Morgan fingerprint density at radius 1 is 1.26 bits per heavy atom. The van der Waals surface area contributed by atoms with Gasteiger partial charge in [-0.05, 0) is 51.5 Å². The van der Waals surface area contributed by atoms with Crippen molar-refractivity contribution in [3.63, 3.8) is 0 Å². The van der Waals surface area contributed by atoms with Crippen molar-refractivity contribution in [2.75, 3.05) is 20.4 Å². The average molecular weight is 289 g/mol. The molecule has 0 aromatic rings. The summed E-state index contributed by atoms with van der Waals surface area (Å²) >= 11 is 0. The summed E-state index contributed by atoms with van der Waals surface area (Å²) in [6, 6.07) is 0.288. The van der Waals surface area contributed by atoms with Gasteiger partial charge in [-0.25, -0.2) is 8.42 Å². The van der Waals surface area contributed by atoms with Crippen LogP contribution in [0.2, 0.25) is 0 Å². The highest BCUT2D eigenvalue weighted by molar-refractivity contribution is 7.91. The maximum Gasteiger partial charge on any atom is 0.150 e. The van der Waals surface area contributed by atoms with Crippen molar-refractivity contribution in [1.82, 2.24) is 5.32 Å². The quantitative estimate of drug-likeness (QED) is 0.838. The Hall–Kier alpha value is -0.130. The van der Waals surface area contributed by atoms with Crippen LogP contribution in [0.4, 0.5) is 0 Å². The molecule has 0 aromatic carbocycles. The number of sulfone groups is 1. The van der Waals surface area contributed by atoms with Gasteiger partial charge in [0.1, 0.15) is 9.84 Å².